The van der Waals surface area contributed by atoms with Crippen LogP contribution < -0.4 is 18.8 Å². The van der Waals surface area contributed by atoms with Crippen LogP contribution in [-0.2, 0) is 14.1 Å². The van der Waals surface area contributed by atoms with Crippen molar-refractivity contribution in [3.8, 4) is 11.5 Å². The molecule has 0 N–H and O–H groups in total. The molecule has 4 rings (SSSR count). The largest absolute Gasteiger partial charge is 0.497 e. The quantitative estimate of drug-likeness (QED) is 0.516. The Morgan fingerprint density at radius 3 is 2.36 bits per heavy atom. The molecule has 5 nitrogen and oxygen atoms in total. The molecule has 0 spiro atoms. The Kier molecular flexibility index (Phi) is 3.97. The lowest BCUT2D eigenvalue weighted by molar-refractivity contribution is -0.627. The molecule has 2 aromatic carbocycles. The zero-order chi connectivity index (χ0) is 17.6. The van der Waals surface area contributed by atoms with Crippen molar-refractivity contribution in [2.75, 3.05) is 14.2 Å². The molecule has 4 aromatic rings. The van der Waals surface area contributed by atoms with Gasteiger partial charge in [-0.15, -0.1) is 0 Å². The number of ether oxygens (including phenoxy) is 2. The van der Waals surface area contributed by atoms with Gasteiger partial charge in [-0.1, -0.05) is 11.3 Å². The third-order valence-electron chi connectivity index (χ3n) is 4.22. The molecule has 25 heavy (non-hydrogen) atoms. The number of hydrogen-bond acceptors (Lipinski definition) is 5. The monoisotopic (exact) mass is 372 g/mol. The van der Waals surface area contributed by atoms with Gasteiger partial charge >= 0.3 is 9.93 Å². The van der Waals surface area contributed by atoms with Crippen molar-refractivity contribution in [2.24, 2.45) is 19.1 Å². The van der Waals surface area contributed by atoms with E-state index < -0.39 is 0 Å². The average Bonchev–Trinajstić information content (AvgIpc) is 3.11. The minimum absolute atomic E-state index is 0.861. The fourth-order valence-electron chi connectivity index (χ4n) is 2.78. The Labute approximate surface area is 153 Å². The molecule has 0 aliphatic heterocycles. The first-order valence-electron chi connectivity index (χ1n) is 7.75. The maximum absolute atomic E-state index is 5.32. The van der Waals surface area contributed by atoms with Crippen molar-refractivity contribution >= 4 is 48.2 Å². The van der Waals surface area contributed by atoms with Gasteiger partial charge in [-0.05, 0) is 41.7 Å². The first-order valence-corrected chi connectivity index (χ1v) is 9.39. The lowest BCUT2D eigenvalue weighted by Gasteiger charge is -1.98. The Bertz CT molecular complexity index is 1150. The number of hydrogen-bond donors (Lipinski definition) is 0. The number of nitrogens with zero attached hydrogens (tertiary/aromatic N) is 3. The molecule has 0 saturated carbocycles. The van der Waals surface area contributed by atoms with Gasteiger partial charge in [-0.25, -0.2) is 4.57 Å². The molecule has 0 saturated heterocycles. The van der Waals surface area contributed by atoms with Crippen molar-refractivity contribution in [3.63, 3.8) is 0 Å². The lowest BCUT2D eigenvalue weighted by Crippen LogP contribution is -2.26. The summed E-state index contributed by atoms with van der Waals surface area (Å²) in [6.45, 7) is 0. The summed E-state index contributed by atoms with van der Waals surface area (Å²) in [5.41, 5.74) is 2.30. The molecule has 7 heteroatoms. The Morgan fingerprint density at radius 2 is 1.64 bits per heavy atom. The van der Waals surface area contributed by atoms with E-state index in [2.05, 4.69) is 33.4 Å². The van der Waals surface area contributed by atoms with E-state index in [0.29, 0.717) is 0 Å². The molecule has 0 fully saturated rings. The third-order valence-corrected chi connectivity index (χ3v) is 6.41. The van der Waals surface area contributed by atoms with E-state index in [9.17, 15) is 0 Å². The molecule has 0 bridgehead atoms. The van der Waals surface area contributed by atoms with Crippen molar-refractivity contribution in [1.82, 2.24) is 4.57 Å². The Morgan fingerprint density at radius 1 is 0.960 bits per heavy atom. The molecule has 0 atom stereocenters. The third kappa shape index (κ3) is 2.69. The summed E-state index contributed by atoms with van der Waals surface area (Å²) in [5, 5.41) is 0.956. The smallest absolute Gasteiger partial charge is 0.386 e. The second-order valence-corrected chi connectivity index (χ2v) is 7.68. The predicted octanol–water partition coefficient (Wildman–Crippen LogP) is 3.53. The summed E-state index contributed by atoms with van der Waals surface area (Å²) in [6, 6.07) is 12.2. The number of thiazole rings is 2. The fraction of sp³-hybridized carbons (Fsp3) is 0.222. The summed E-state index contributed by atoms with van der Waals surface area (Å²) in [6.07, 6.45) is 0. The lowest BCUT2D eigenvalue weighted by atomic mass is 10.3. The fourth-order valence-corrected chi connectivity index (χ4v) is 4.93. The molecular formula is C18H18N3O2S2+. The van der Waals surface area contributed by atoms with E-state index >= 15 is 0 Å². The molecule has 0 aliphatic rings. The van der Waals surface area contributed by atoms with E-state index in [1.165, 1.54) is 0 Å². The summed E-state index contributed by atoms with van der Waals surface area (Å²) >= 11 is 3.32. The highest BCUT2D eigenvalue weighted by Crippen LogP contribution is 2.29. The molecular weight excluding hydrogens is 354 g/mol. The van der Waals surface area contributed by atoms with E-state index in [1.54, 1.807) is 36.9 Å². The van der Waals surface area contributed by atoms with Crippen LogP contribution in [0.15, 0.2) is 41.4 Å². The Balaban J connectivity index is 1.90. The molecule has 0 radical (unpaired) electrons. The van der Waals surface area contributed by atoms with Gasteiger partial charge in [-0.3, -0.25) is 4.57 Å². The van der Waals surface area contributed by atoms with Crippen LogP contribution in [0.2, 0.25) is 0 Å². The molecule has 0 unspecified atom stereocenters. The van der Waals surface area contributed by atoms with Crippen LogP contribution >= 0.6 is 22.7 Å². The van der Waals surface area contributed by atoms with Crippen LogP contribution in [-0.4, -0.2) is 18.8 Å². The number of fused-ring (bicyclic) bond motifs is 2. The summed E-state index contributed by atoms with van der Waals surface area (Å²) < 4.78 is 17.2. The van der Waals surface area contributed by atoms with Crippen LogP contribution in [0.5, 0.6) is 11.5 Å². The van der Waals surface area contributed by atoms with Gasteiger partial charge in [0.25, 0.3) is 0 Å². The van der Waals surface area contributed by atoms with E-state index in [-0.39, 0.29) is 0 Å². The first-order chi connectivity index (χ1) is 12.1. The predicted molar refractivity (Wildman–Crippen MR) is 102 cm³/mol. The number of aryl methyl sites for hydroxylation is 2. The van der Waals surface area contributed by atoms with E-state index in [0.717, 1.165) is 41.9 Å². The van der Waals surface area contributed by atoms with Gasteiger partial charge < -0.3 is 9.47 Å². The van der Waals surface area contributed by atoms with Gasteiger partial charge in [0.2, 0.25) is 0 Å². The van der Waals surface area contributed by atoms with Gasteiger partial charge in [-0.2, -0.15) is 0 Å². The van der Waals surface area contributed by atoms with Crippen molar-refractivity contribution in [1.29, 1.82) is 0 Å². The van der Waals surface area contributed by atoms with E-state index in [1.807, 2.05) is 26.2 Å². The second-order valence-electron chi connectivity index (χ2n) is 5.67. The summed E-state index contributed by atoms with van der Waals surface area (Å²) in [5.74, 6) is 1.72. The second kappa shape index (κ2) is 6.16. The summed E-state index contributed by atoms with van der Waals surface area (Å²) in [4.78, 5) is 5.86. The van der Waals surface area contributed by atoms with Gasteiger partial charge in [0.05, 0.1) is 36.2 Å². The Hall–Kier alpha value is -2.38. The zero-order valence-electron chi connectivity index (χ0n) is 14.4. The minimum atomic E-state index is 0.861. The average molecular weight is 372 g/mol. The molecule has 0 amide bonds. The molecule has 0 aliphatic carbocycles. The summed E-state index contributed by atoms with van der Waals surface area (Å²) in [7, 11) is 7.46. The highest BCUT2D eigenvalue weighted by atomic mass is 32.1. The van der Waals surface area contributed by atoms with Crippen molar-refractivity contribution < 1.29 is 14.0 Å². The van der Waals surface area contributed by atoms with Crippen molar-refractivity contribution in [3.05, 3.63) is 41.2 Å². The van der Waals surface area contributed by atoms with Gasteiger partial charge in [0, 0.05) is 18.1 Å². The molecule has 2 heterocycles. The first kappa shape index (κ1) is 16.1. The van der Waals surface area contributed by atoms with E-state index in [4.69, 9.17) is 14.5 Å². The van der Waals surface area contributed by atoms with Crippen LogP contribution in [0.25, 0.3) is 20.4 Å². The minimum Gasteiger partial charge on any atom is -0.497 e. The number of rotatable bonds is 3. The normalized spacial score (nSPS) is 12.2. The zero-order valence-corrected chi connectivity index (χ0v) is 16.1. The highest BCUT2D eigenvalue weighted by Gasteiger charge is 2.17. The van der Waals surface area contributed by atoms with Crippen LogP contribution in [0, 0.1) is 0 Å². The topological polar surface area (TPSA) is 39.6 Å². The van der Waals surface area contributed by atoms with Crippen LogP contribution in [0.4, 0.5) is 5.13 Å². The number of aromatic nitrogens is 2. The maximum Gasteiger partial charge on any atom is 0.386 e. The van der Waals surface area contributed by atoms with Crippen LogP contribution in [0.3, 0.4) is 0 Å². The molecule has 128 valence electrons. The molecule has 2 aromatic heterocycles. The standard InChI is InChI=1S/C18H18N3O2S2/c1-20-13-7-5-11(22-3)9-15(13)24-17(20)19-18-21(2)14-8-6-12(23-4)10-16(14)25-18/h5-10H,1-4H3/q+1. The van der Waals surface area contributed by atoms with Gasteiger partial charge in [0.15, 0.2) is 0 Å². The number of methoxy groups -OCH3 is 2. The van der Waals surface area contributed by atoms with Gasteiger partial charge in [0.1, 0.15) is 17.0 Å². The number of benzene rings is 2. The SMILES string of the molecule is COc1ccc2c(c1)s/c(=N\c1sc3cc(OC)ccc3[n+]1C)n2C. The van der Waals surface area contributed by atoms with Crippen molar-refractivity contribution in [2.45, 2.75) is 0 Å². The maximum atomic E-state index is 5.32. The highest BCUT2D eigenvalue weighted by molar-refractivity contribution is 7.21. The van der Waals surface area contributed by atoms with Crippen LogP contribution in [0.1, 0.15) is 0 Å².